The molecule has 4 heteroatoms. The van der Waals surface area contributed by atoms with Crippen LogP contribution in [0.2, 0.25) is 0 Å². The van der Waals surface area contributed by atoms with E-state index in [0.717, 1.165) is 30.9 Å². The average Bonchev–Trinajstić information content (AvgIpc) is 3.02. The number of rotatable bonds is 9. The van der Waals surface area contributed by atoms with Gasteiger partial charge in [0.2, 0.25) is 0 Å². The molecule has 0 bridgehead atoms. The highest BCUT2D eigenvalue weighted by Crippen LogP contribution is 2.17. The summed E-state index contributed by atoms with van der Waals surface area (Å²) in [5.74, 6) is 0. The molecule has 0 amide bonds. The number of thiophene rings is 1. The first kappa shape index (κ1) is 16.2. The van der Waals surface area contributed by atoms with Gasteiger partial charge < -0.3 is 15.3 Å². The molecule has 0 fully saturated rings. The summed E-state index contributed by atoms with van der Waals surface area (Å²) in [6.07, 6.45) is 0.701. The topological polar surface area (TPSA) is 35.5 Å². The van der Waals surface area contributed by atoms with Gasteiger partial charge in [0.05, 0.1) is 0 Å². The van der Waals surface area contributed by atoms with Gasteiger partial charge in [-0.3, -0.25) is 0 Å². The van der Waals surface area contributed by atoms with Crippen LogP contribution in [0.4, 0.5) is 0 Å². The van der Waals surface area contributed by atoms with Crippen molar-refractivity contribution in [3.05, 3.63) is 58.3 Å². The van der Waals surface area contributed by atoms with Crippen molar-refractivity contribution in [3.8, 4) is 0 Å². The molecule has 2 aromatic rings. The molecule has 1 unspecified atom stereocenters. The molecular formula is C17H24N2OS. The number of nitrogens with zero attached hydrogens (tertiary/aromatic N) is 1. The van der Waals surface area contributed by atoms with Crippen molar-refractivity contribution in [3.63, 3.8) is 0 Å². The van der Waals surface area contributed by atoms with Crippen LogP contribution in [0.15, 0.2) is 47.8 Å². The Balaban J connectivity index is 1.55. The zero-order valence-corrected chi connectivity index (χ0v) is 13.4. The summed E-state index contributed by atoms with van der Waals surface area (Å²) < 4.78 is 0. The van der Waals surface area contributed by atoms with E-state index >= 15 is 0 Å². The first-order chi connectivity index (χ1) is 10.3. The van der Waals surface area contributed by atoms with E-state index in [1.54, 1.807) is 11.3 Å². The Kier molecular flexibility index (Phi) is 6.89. The molecule has 0 aliphatic carbocycles. The van der Waals surface area contributed by atoms with Crippen molar-refractivity contribution in [2.24, 2.45) is 0 Å². The third kappa shape index (κ3) is 5.98. The van der Waals surface area contributed by atoms with E-state index in [-0.39, 0.29) is 6.10 Å². The number of hydrogen-bond acceptors (Lipinski definition) is 4. The minimum Gasteiger partial charge on any atom is -0.386 e. The second-order valence-electron chi connectivity index (χ2n) is 5.31. The zero-order valence-electron chi connectivity index (χ0n) is 12.5. The molecule has 0 saturated heterocycles. The number of aliphatic hydroxyl groups is 1. The van der Waals surface area contributed by atoms with E-state index in [1.807, 2.05) is 23.6 Å². The summed E-state index contributed by atoms with van der Waals surface area (Å²) >= 11 is 1.60. The average molecular weight is 304 g/mol. The van der Waals surface area contributed by atoms with Crippen LogP contribution in [0.25, 0.3) is 0 Å². The number of hydrogen-bond donors (Lipinski definition) is 2. The van der Waals surface area contributed by atoms with Crippen LogP contribution in [0.3, 0.4) is 0 Å². The van der Waals surface area contributed by atoms with Crippen molar-refractivity contribution in [2.75, 3.05) is 26.7 Å². The van der Waals surface area contributed by atoms with E-state index in [2.05, 4.69) is 41.5 Å². The smallest absolute Gasteiger partial charge is 0.101 e. The number of nitrogens with one attached hydrogen (secondary N) is 1. The molecule has 0 saturated carbocycles. The second-order valence-corrected chi connectivity index (χ2v) is 6.29. The standard InChI is InChI=1S/C17H24N2OS/c1-19(14-15-7-3-2-4-8-15)11-6-10-18-13-16(20)17-9-5-12-21-17/h2-5,7-9,12,16,18,20H,6,10-11,13-14H2,1H3. The van der Waals surface area contributed by atoms with Crippen molar-refractivity contribution in [1.29, 1.82) is 0 Å². The molecule has 1 heterocycles. The van der Waals surface area contributed by atoms with Gasteiger partial charge in [-0.05, 0) is 43.6 Å². The predicted molar refractivity (Wildman–Crippen MR) is 89.5 cm³/mol. The van der Waals surface area contributed by atoms with Crippen LogP contribution in [0.1, 0.15) is 23.0 Å². The van der Waals surface area contributed by atoms with Gasteiger partial charge in [0.25, 0.3) is 0 Å². The van der Waals surface area contributed by atoms with Gasteiger partial charge in [-0.15, -0.1) is 11.3 Å². The Hall–Kier alpha value is -1.20. The van der Waals surface area contributed by atoms with Crippen LogP contribution < -0.4 is 5.32 Å². The molecule has 114 valence electrons. The van der Waals surface area contributed by atoms with Gasteiger partial charge in [-0.2, -0.15) is 0 Å². The maximum atomic E-state index is 9.95. The maximum absolute atomic E-state index is 9.95. The van der Waals surface area contributed by atoms with Crippen LogP contribution in [-0.4, -0.2) is 36.7 Å². The van der Waals surface area contributed by atoms with Gasteiger partial charge in [-0.25, -0.2) is 0 Å². The summed E-state index contributed by atoms with van der Waals surface area (Å²) in [7, 11) is 2.15. The Bertz CT molecular complexity index is 487. The molecule has 2 N–H and O–H groups in total. The van der Waals surface area contributed by atoms with Crippen LogP contribution >= 0.6 is 11.3 Å². The summed E-state index contributed by atoms with van der Waals surface area (Å²) in [5.41, 5.74) is 1.35. The normalized spacial score (nSPS) is 12.7. The molecule has 0 spiro atoms. The van der Waals surface area contributed by atoms with E-state index < -0.39 is 0 Å². The Labute approximate surface area is 131 Å². The fourth-order valence-electron chi connectivity index (χ4n) is 2.27. The molecule has 0 aliphatic heterocycles. The third-order valence-electron chi connectivity index (χ3n) is 3.40. The Morgan fingerprint density at radius 3 is 2.71 bits per heavy atom. The van der Waals surface area contributed by atoms with Gasteiger partial charge in [0.1, 0.15) is 6.10 Å². The molecule has 0 aliphatic rings. The summed E-state index contributed by atoms with van der Waals surface area (Å²) in [6.45, 7) is 3.60. The molecule has 1 aromatic heterocycles. The summed E-state index contributed by atoms with van der Waals surface area (Å²) in [4.78, 5) is 3.36. The van der Waals surface area contributed by atoms with Crippen molar-refractivity contribution >= 4 is 11.3 Å². The van der Waals surface area contributed by atoms with Gasteiger partial charge in [0, 0.05) is 18.0 Å². The minimum absolute atomic E-state index is 0.382. The van der Waals surface area contributed by atoms with E-state index in [0.29, 0.717) is 6.54 Å². The molecule has 0 radical (unpaired) electrons. The quantitative estimate of drug-likeness (QED) is 0.699. The molecular weight excluding hydrogens is 280 g/mol. The van der Waals surface area contributed by atoms with Crippen LogP contribution in [-0.2, 0) is 6.54 Å². The fourth-order valence-corrected chi connectivity index (χ4v) is 2.98. The Morgan fingerprint density at radius 1 is 1.19 bits per heavy atom. The highest BCUT2D eigenvalue weighted by Gasteiger charge is 2.07. The van der Waals surface area contributed by atoms with Crippen molar-refractivity contribution < 1.29 is 5.11 Å². The molecule has 21 heavy (non-hydrogen) atoms. The highest BCUT2D eigenvalue weighted by molar-refractivity contribution is 7.10. The number of benzene rings is 1. The lowest BCUT2D eigenvalue weighted by Crippen LogP contribution is -2.26. The lowest BCUT2D eigenvalue weighted by atomic mass is 10.2. The zero-order chi connectivity index (χ0) is 14.9. The molecule has 3 nitrogen and oxygen atoms in total. The third-order valence-corrected chi connectivity index (χ3v) is 4.37. The van der Waals surface area contributed by atoms with Gasteiger partial charge >= 0.3 is 0 Å². The lowest BCUT2D eigenvalue weighted by molar-refractivity contribution is 0.178. The maximum Gasteiger partial charge on any atom is 0.101 e. The minimum atomic E-state index is -0.382. The highest BCUT2D eigenvalue weighted by atomic mass is 32.1. The Morgan fingerprint density at radius 2 is 2.00 bits per heavy atom. The first-order valence-electron chi connectivity index (χ1n) is 7.40. The predicted octanol–water partition coefficient (Wildman–Crippen LogP) is 2.89. The molecule has 1 aromatic carbocycles. The van der Waals surface area contributed by atoms with E-state index in [9.17, 15) is 5.11 Å². The molecule has 2 rings (SSSR count). The fraction of sp³-hybridized carbons (Fsp3) is 0.412. The summed E-state index contributed by atoms with van der Waals surface area (Å²) in [5, 5.41) is 15.3. The number of aliphatic hydroxyl groups excluding tert-OH is 1. The first-order valence-corrected chi connectivity index (χ1v) is 8.28. The van der Waals surface area contributed by atoms with Crippen LogP contribution in [0, 0.1) is 0 Å². The second kappa shape index (κ2) is 8.95. The largest absolute Gasteiger partial charge is 0.386 e. The SMILES string of the molecule is CN(CCCNCC(O)c1cccs1)Cc1ccccc1. The lowest BCUT2D eigenvalue weighted by Gasteiger charge is -2.17. The van der Waals surface area contributed by atoms with Crippen LogP contribution in [0.5, 0.6) is 0 Å². The van der Waals surface area contributed by atoms with E-state index in [4.69, 9.17) is 0 Å². The summed E-state index contributed by atoms with van der Waals surface area (Å²) in [6, 6.07) is 14.5. The molecule has 1 atom stereocenters. The van der Waals surface area contributed by atoms with Crippen molar-refractivity contribution in [1.82, 2.24) is 10.2 Å². The van der Waals surface area contributed by atoms with E-state index in [1.165, 1.54) is 5.56 Å². The van der Waals surface area contributed by atoms with Gasteiger partial charge in [-0.1, -0.05) is 36.4 Å². The van der Waals surface area contributed by atoms with Gasteiger partial charge in [0.15, 0.2) is 0 Å². The monoisotopic (exact) mass is 304 g/mol. The van der Waals surface area contributed by atoms with Crippen molar-refractivity contribution in [2.45, 2.75) is 19.1 Å².